The highest BCUT2D eigenvalue weighted by Gasteiger charge is 2.25. The molecule has 4 rings (SSSR count). The number of fused-ring (bicyclic) bond motifs is 1. The molecule has 3 heterocycles. The number of methoxy groups -OCH3 is 1. The molecular formula is C23H31N5O. The molecule has 0 spiro atoms. The van der Waals surface area contributed by atoms with Gasteiger partial charge in [0, 0.05) is 42.2 Å². The standard InChI is InChI=1S/C23H31N5O/c1-15-5-7-18(8-6-15)21-12-20(19-9-10-24-16(2)11-19)22-13-25-23(27-28(21)22)26-17(3)14-29-4/h9-13,15,17-18H,5-8,14H2,1-4H3,(H,26,27)/t15?,17-,18?/m0/s1. The minimum atomic E-state index is 0.148. The van der Waals surface area contributed by atoms with Crippen LogP contribution in [0.2, 0.25) is 0 Å². The van der Waals surface area contributed by atoms with E-state index in [1.54, 1.807) is 7.11 Å². The third kappa shape index (κ3) is 4.27. The molecule has 1 saturated carbocycles. The van der Waals surface area contributed by atoms with E-state index in [1.807, 2.05) is 19.3 Å². The zero-order valence-electron chi connectivity index (χ0n) is 17.9. The molecule has 1 fully saturated rings. The van der Waals surface area contributed by atoms with Crippen molar-refractivity contribution in [2.45, 2.75) is 58.4 Å². The van der Waals surface area contributed by atoms with Gasteiger partial charge in [-0.05, 0) is 56.4 Å². The Kier molecular flexibility index (Phi) is 5.81. The summed E-state index contributed by atoms with van der Waals surface area (Å²) < 4.78 is 7.35. The van der Waals surface area contributed by atoms with E-state index in [2.05, 4.69) is 51.8 Å². The number of aryl methyl sites for hydroxylation is 1. The van der Waals surface area contributed by atoms with Crippen molar-refractivity contribution in [3.05, 3.63) is 42.0 Å². The fraction of sp³-hybridized carbons (Fsp3) is 0.522. The van der Waals surface area contributed by atoms with Gasteiger partial charge in [-0.2, -0.15) is 0 Å². The summed E-state index contributed by atoms with van der Waals surface area (Å²) in [5, 5.41) is 8.24. The summed E-state index contributed by atoms with van der Waals surface area (Å²) in [6, 6.07) is 6.67. The van der Waals surface area contributed by atoms with Crippen LogP contribution in [0.1, 0.15) is 56.8 Å². The molecule has 0 bridgehead atoms. The Morgan fingerprint density at radius 3 is 2.72 bits per heavy atom. The first-order chi connectivity index (χ1) is 14.0. The Labute approximate surface area is 172 Å². The molecule has 1 aliphatic carbocycles. The van der Waals surface area contributed by atoms with Crippen molar-refractivity contribution in [2.24, 2.45) is 5.92 Å². The Morgan fingerprint density at radius 2 is 2.00 bits per heavy atom. The second-order valence-corrected chi connectivity index (χ2v) is 8.51. The molecule has 0 amide bonds. The lowest BCUT2D eigenvalue weighted by molar-refractivity contribution is 0.190. The lowest BCUT2D eigenvalue weighted by Gasteiger charge is -2.25. The second kappa shape index (κ2) is 8.49. The highest BCUT2D eigenvalue weighted by atomic mass is 16.5. The molecule has 154 valence electrons. The fourth-order valence-electron chi connectivity index (χ4n) is 4.38. The lowest BCUT2D eigenvalue weighted by atomic mass is 9.81. The van der Waals surface area contributed by atoms with Crippen LogP contribution in [0.15, 0.2) is 30.6 Å². The predicted octanol–water partition coefficient (Wildman–Crippen LogP) is 4.84. The van der Waals surface area contributed by atoms with E-state index in [1.165, 1.54) is 42.5 Å². The van der Waals surface area contributed by atoms with Gasteiger partial charge in [-0.3, -0.25) is 4.98 Å². The summed E-state index contributed by atoms with van der Waals surface area (Å²) >= 11 is 0. The normalized spacial score (nSPS) is 20.7. The van der Waals surface area contributed by atoms with Crippen molar-refractivity contribution in [3.8, 4) is 11.1 Å². The number of nitrogens with one attached hydrogen (secondary N) is 1. The summed E-state index contributed by atoms with van der Waals surface area (Å²) in [6.45, 7) is 7.07. The molecule has 0 unspecified atom stereocenters. The van der Waals surface area contributed by atoms with Crippen LogP contribution in [0.4, 0.5) is 5.95 Å². The van der Waals surface area contributed by atoms with E-state index >= 15 is 0 Å². The number of hydrogen-bond acceptors (Lipinski definition) is 5. The Bertz CT molecular complexity index is 975. The lowest BCUT2D eigenvalue weighted by Crippen LogP contribution is -2.23. The molecule has 3 aromatic rings. The van der Waals surface area contributed by atoms with Crippen LogP contribution in [-0.4, -0.2) is 39.3 Å². The van der Waals surface area contributed by atoms with Crippen LogP contribution in [0.25, 0.3) is 16.6 Å². The molecule has 1 atom stereocenters. The Morgan fingerprint density at radius 1 is 1.21 bits per heavy atom. The van der Waals surface area contributed by atoms with Gasteiger partial charge in [0.1, 0.15) is 0 Å². The third-order valence-corrected chi connectivity index (χ3v) is 5.98. The highest BCUT2D eigenvalue weighted by molar-refractivity contribution is 5.81. The highest BCUT2D eigenvalue weighted by Crippen LogP contribution is 2.39. The van der Waals surface area contributed by atoms with Gasteiger partial charge in [-0.15, -0.1) is 5.10 Å². The van der Waals surface area contributed by atoms with Crippen LogP contribution in [0.5, 0.6) is 0 Å². The molecule has 0 aromatic carbocycles. The molecule has 0 radical (unpaired) electrons. The molecular weight excluding hydrogens is 362 g/mol. The largest absolute Gasteiger partial charge is 0.383 e. The first kappa shape index (κ1) is 19.8. The van der Waals surface area contributed by atoms with Gasteiger partial charge in [0.2, 0.25) is 5.95 Å². The van der Waals surface area contributed by atoms with Gasteiger partial charge >= 0.3 is 0 Å². The molecule has 6 heteroatoms. The number of ether oxygens (including phenoxy) is 1. The van der Waals surface area contributed by atoms with Crippen molar-refractivity contribution >= 4 is 11.5 Å². The molecule has 29 heavy (non-hydrogen) atoms. The first-order valence-corrected chi connectivity index (χ1v) is 10.6. The van der Waals surface area contributed by atoms with E-state index in [4.69, 9.17) is 9.84 Å². The predicted molar refractivity (Wildman–Crippen MR) is 116 cm³/mol. The van der Waals surface area contributed by atoms with E-state index in [0.717, 1.165) is 17.1 Å². The summed E-state index contributed by atoms with van der Waals surface area (Å²) in [4.78, 5) is 8.95. The van der Waals surface area contributed by atoms with Gasteiger partial charge in [-0.1, -0.05) is 19.8 Å². The smallest absolute Gasteiger partial charge is 0.241 e. The van der Waals surface area contributed by atoms with Gasteiger partial charge in [0.15, 0.2) is 0 Å². The van der Waals surface area contributed by atoms with Crippen LogP contribution in [-0.2, 0) is 4.74 Å². The van der Waals surface area contributed by atoms with Gasteiger partial charge < -0.3 is 10.1 Å². The van der Waals surface area contributed by atoms with Crippen LogP contribution < -0.4 is 5.32 Å². The number of anilines is 1. The van der Waals surface area contributed by atoms with Crippen LogP contribution in [0.3, 0.4) is 0 Å². The van der Waals surface area contributed by atoms with Crippen LogP contribution in [0, 0.1) is 12.8 Å². The second-order valence-electron chi connectivity index (χ2n) is 8.51. The van der Waals surface area contributed by atoms with E-state index in [0.29, 0.717) is 18.5 Å². The summed E-state index contributed by atoms with van der Waals surface area (Å²) in [5.74, 6) is 2.00. The van der Waals surface area contributed by atoms with Crippen molar-refractivity contribution in [1.29, 1.82) is 0 Å². The van der Waals surface area contributed by atoms with Crippen molar-refractivity contribution < 1.29 is 4.74 Å². The Balaban J connectivity index is 1.78. The minimum absolute atomic E-state index is 0.148. The molecule has 0 saturated heterocycles. The molecule has 1 N–H and O–H groups in total. The van der Waals surface area contributed by atoms with E-state index < -0.39 is 0 Å². The maximum atomic E-state index is 5.23. The average molecular weight is 394 g/mol. The first-order valence-electron chi connectivity index (χ1n) is 10.6. The third-order valence-electron chi connectivity index (χ3n) is 5.98. The van der Waals surface area contributed by atoms with Gasteiger partial charge in [-0.25, -0.2) is 9.50 Å². The Hall–Kier alpha value is -2.47. The van der Waals surface area contributed by atoms with Crippen molar-refractivity contribution in [1.82, 2.24) is 19.6 Å². The summed E-state index contributed by atoms with van der Waals surface area (Å²) in [7, 11) is 1.71. The number of rotatable bonds is 6. The summed E-state index contributed by atoms with van der Waals surface area (Å²) in [6.07, 6.45) is 8.81. The quantitative estimate of drug-likeness (QED) is 0.649. The SMILES string of the molecule is COC[C@H](C)Nc1ncc2c(-c3ccnc(C)c3)cc(C3CCC(C)CC3)n2n1. The van der Waals surface area contributed by atoms with Gasteiger partial charge in [0.25, 0.3) is 0 Å². The zero-order valence-corrected chi connectivity index (χ0v) is 17.9. The molecule has 1 aliphatic rings. The van der Waals surface area contributed by atoms with Gasteiger partial charge in [0.05, 0.1) is 18.3 Å². The number of aromatic nitrogens is 4. The maximum Gasteiger partial charge on any atom is 0.241 e. The van der Waals surface area contributed by atoms with Crippen LogP contribution >= 0.6 is 0 Å². The zero-order chi connectivity index (χ0) is 20.4. The maximum absolute atomic E-state index is 5.23. The number of pyridine rings is 1. The van der Waals surface area contributed by atoms with E-state index in [9.17, 15) is 0 Å². The van der Waals surface area contributed by atoms with Crippen molar-refractivity contribution in [3.63, 3.8) is 0 Å². The molecule has 0 aliphatic heterocycles. The fourth-order valence-corrected chi connectivity index (χ4v) is 4.38. The number of hydrogen-bond donors (Lipinski definition) is 1. The number of nitrogens with zero attached hydrogens (tertiary/aromatic N) is 4. The summed E-state index contributed by atoms with van der Waals surface area (Å²) in [5.41, 5.74) is 5.71. The molecule has 6 nitrogen and oxygen atoms in total. The minimum Gasteiger partial charge on any atom is -0.383 e. The van der Waals surface area contributed by atoms with E-state index in [-0.39, 0.29) is 6.04 Å². The monoisotopic (exact) mass is 393 g/mol. The van der Waals surface area contributed by atoms with Crippen molar-refractivity contribution in [2.75, 3.05) is 19.0 Å². The average Bonchev–Trinajstić information content (AvgIpc) is 3.08. The topological polar surface area (TPSA) is 64.3 Å². The molecule has 3 aromatic heterocycles.